The highest BCUT2D eigenvalue weighted by atomic mass is 79.9. The predicted molar refractivity (Wildman–Crippen MR) is 62.5 cm³/mol. The molecule has 0 aromatic carbocycles. The third-order valence-electron chi connectivity index (χ3n) is 3.22. The van der Waals surface area contributed by atoms with Gasteiger partial charge in [-0.05, 0) is 27.2 Å². The lowest BCUT2D eigenvalue weighted by atomic mass is 9.91. The molecule has 4 heteroatoms. The van der Waals surface area contributed by atoms with E-state index in [1.54, 1.807) is 0 Å². The minimum Gasteiger partial charge on any atom is -1.00 e. The summed E-state index contributed by atoms with van der Waals surface area (Å²) in [6, 6.07) is 0. The molecule has 0 fully saturated rings. The maximum atomic E-state index is 11.6. The van der Waals surface area contributed by atoms with Gasteiger partial charge in [0.05, 0.1) is 26.1 Å². The zero-order valence-electron chi connectivity index (χ0n) is 11.5. The molecule has 0 aromatic heterocycles. The Morgan fingerprint density at radius 3 is 2.12 bits per heavy atom. The molecule has 0 N–H and O–H groups in total. The van der Waals surface area contributed by atoms with Crippen molar-refractivity contribution in [2.45, 2.75) is 34.1 Å². The first-order valence-corrected chi connectivity index (χ1v) is 5.74. The van der Waals surface area contributed by atoms with Crippen LogP contribution >= 0.6 is 0 Å². The first-order valence-electron chi connectivity index (χ1n) is 5.74. The average Bonchev–Trinajstić information content (AvgIpc) is 2.17. The van der Waals surface area contributed by atoms with Gasteiger partial charge in [-0.1, -0.05) is 6.92 Å². The van der Waals surface area contributed by atoms with E-state index in [4.69, 9.17) is 4.74 Å². The van der Waals surface area contributed by atoms with E-state index in [1.165, 1.54) is 0 Å². The highest BCUT2D eigenvalue weighted by Crippen LogP contribution is 2.21. The molecular formula is C12H26BrNO2. The van der Waals surface area contributed by atoms with E-state index in [0.717, 1.165) is 24.0 Å². The number of carbonyl (C=O) groups is 1. The van der Waals surface area contributed by atoms with Gasteiger partial charge < -0.3 is 26.2 Å². The smallest absolute Gasteiger partial charge is 0.311 e. The third kappa shape index (κ3) is 6.48. The fraction of sp³-hybridized carbons (Fsp3) is 0.917. The molecule has 0 rings (SSSR count). The van der Waals surface area contributed by atoms with Crippen LogP contribution in [0.1, 0.15) is 34.1 Å². The summed E-state index contributed by atoms with van der Waals surface area (Å²) in [6.45, 7) is 10.4. The average molecular weight is 296 g/mol. The molecule has 0 aromatic rings. The monoisotopic (exact) mass is 295 g/mol. The summed E-state index contributed by atoms with van der Waals surface area (Å²) < 4.78 is 6.17. The summed E-state index contributed by atoms with van der Waals surface area (Å²) in [7, 11) is 4.28. The lowest BCUT2D eigenvalue weighted by Crippen LogP contribution is -3.00. The van der Waals surface area contributed by atoms with Crippen molar-refractivity contribution in [2.75, 3.05) is 33.8 Å². The lowest BCUT2D eigenvalue weighted by Gasteiger charge is -2.28. The van der Waals surface area contributed by atoms with Gasteiger partial charge in [0.2, 0.25) is 0 Å². The second-order valence-electron chi connectivity index (χ2n) is 5.35. The highest BCUT2D eigenvalue weighted by molar-refractivity contribution is 5.75. The van der Waals surface area contributed by atoms with Crippen molar-refractivity contribution in [2.24, 2.45) is 5.41 Å². The van der Waals surface area contributed by atoms with Gasteiger partial charge in [-0.2, -0.15) is 0 Å². The number of esters is 1. The van der Waals surface area contributed by atoms with Crippen molar-refractivity contribution in [3.8, 4) is 0 Å². The molecule has 98 valence electrons. The van der Waals surface area contributed by atoms with E-state index < -0.39 is 0 Å². The maximum absolute atomic E-state index is 11.6. The fourth-order valence-corrected chi connectivity index (χ4v) is 0.883. The molecule has 0 saturated carbocycles. The first kappa shape index (κ1) is 18.3. The summed E-state index contributed by atoms with van der Waals surface area (Å²) in [5.41, 5.74) is -0.344. The molecule has 0 spiro atoms. The molecule has 0 bridgehead atoms. The van der Waals surface area contributed by atoms with Gasteiger partial charge in [-0.25, -0.2) is 0 Å². The molecule has 0 saturated heterocycles. The Bertz CT molecular complexity index is 215. The normalized spacial score (nSPS) is 11.9. The van der Waals surface area contributed by atoms with Crippen LogP contribution in [0, 0.1) is 5.41 Å². The van der Waals surface area contributed by atoms with Gasteiger partial charge in [-0.3, -0.25) is 4.79 Å². The summed E-state index contributed by atoms with van der Waals surface area (Å²) in [5.74, 6) is -0.0823. The van der Waals surface area contributed by atoms with Crippen LogP contribution in [0.2, 0.25) is 0 Å². The molecule has 0 amide bonds. The number of hydrogen-bond donors (Lipinski definition) is 0. The SMILES string of the molecule is CCC(C)(C)C(=O)OCC[N+](C)(C)CC.[Br-]. The minimum atomic E-state index is -0.344. The number of quaternary nitrogens is 1. The number of ether oxygens (including phenoxy) is 1. The highest BCUT2D eigenvalue weighted by Gasteiger charge is 2.27. The van der Waals surface area contributed by atoms with Crippen molar-refractivity contribution in [1.82, 2.24) is 0 Å². The van der Waals surface area contributed by atoms with Crippen molar-refractivity contribution in [3.05, 3.63) is 0 Å². The second kappa shape index (κ2) is 7.28. The number of likely N-dealkylation sites (N-methyl/N-ethyl adjacent to an activating group) is 1. The molecule has 3 nitrogen and oxygen atoms in total. The summed E-state index contributed by atoms with van der Waals surface area (Å²) >= 11 is 0. The van der Waals surface area contributed by atoms with Crippen molar-refractivity contribution in [1.29, 1.82) is 0 Å². The lowest BCUT2D eigenvalue weighted by molar-refractivity contribution is -0.888. The Balaban J connectivity index is 0. The predicted octanol–water partition coefficient (Wildman–Crippen LogP) is -0.934. The summed E-state index contributed by atoms with van der Waals surface area (Å²) in [6.07, 6.45) is 0.817. The van der Waals surface area contributed by atoms with Gasteiger partial charge in [0, 0.05) is 0 Å². The Kier molecular flexibility index (Phi) is 8.31. The van der Waals surface area contributed by atoms with E-state index in [1.807, 2.05) is 20.8 Å². The Morgan fingerprint density at radius 2 is 1.75 bits per heavy atom. The first-order chi connectivity index (χ1) is 6.75. The second-order valence-corrected chi connectivity index (χ2v) is 5.35. The molecule has 0 unspecified atom stereocenters. The van der Waals surface area contributed by atoms with Crippen LogP contribution < -0.4 is 17.0 Å². The molecule has 0 aliphatic carbocycles. The van der Waals surface area contributed by atoms with Gasteiger partial charge in [0.15, 0.2) is 0 Å². The molecule has 0 atom stereocenters. The minimum absolute atomic E-state index is 0. The number of carbonyl (C=O) groups excluding carboxylic acids is 1. The van der Waals surface area contributed by atoms with Crippen LogP contribution in [-0.4, -0.2) is 44.2 Å². The number of hydrogen-bond acceptors (Lipinski definition) is 2. The summed E-state index contributed by atoms with van der Waals surface area (Å²) in [4.78, 5) is 11.6. The largest absolute Gasteiger partial charge is 1.00 e. The van der Waals surface area contributed by atoms with Gasteiger partial charge >= 0.3 is 5.97 Å². The van der Waals surface area contributed by atoms with E-state index in [2.05, 4.69) is 21.0 Å². The molecule has 0 radical (unpaired) electrons. The number of rotatable bonds is 6. The van der Waals surface area contributed by atoms with Crippen LogP contribution in [0.15, 0.2) is 0 Å². The van der Waals surface area contributed by atoms with Crippen LogP contribution in [0.5, 0.6) is 0 Å². The zero-order valence-corrected chi connectivity index (χ0v) is 13.1. The van der Waals surface area contributed by atoms with Gasteiger partial charge in [0.25, 0.3) is 0 Å². The molecule has 0 heterocycles. The molecule has 0 aliphatic rings. The third-order valence-corrected chi connectivity index (χ3v) is 3.22. The van der Waals surface area contributed by atoms with Crippen LogP contribution in [-0.2, 0) is 9.53 Å². The zero-order chi connectivity index (χ0) is 12.1. The number of halogens is 1. The fourth-order valence-electron chi connectivity index (χ4n) is 0.883. The van der Waals surface area contributed by atoms with Crippen LogP contribution in [0.4, 0.5) is 0 Å². The van der Waals surface area contributed by atoms with E-state index >= 15 is 0 Å². The molecular weight excluding hydrogens is 270 g/mol. The van der Waals surface area contributed by atoms with E-state index in [-0.39, 0.29) is 28.4 Å². The topological polar surface area (TPSA) is 26.3 Å². The molecule has 0 aliphatic heterocycles. The van der Waals surface area contributed by atoms with Crippen molar-refractivity contribution < 1.29 is 31.0 Å². The Hall–Kier alpha value is -0.0900. The van der Waals surface area contributed by atoms with Crippen molar-refractivity contribution in [3.63, 3.8) is 0 Å². The van der Waals surface area contributed by atoms with E-state index in [9.17, 15) is 4.79 Å². The summed E-state index contributed by atoms with van der Waals surface area (Å²) in [5, 5.41) is 0. The van der Waals surface area contributed by atoms with E-state index in [0.29, 0.717) is 6.61 Å². The Morgan fingerprint density at radius 1 is 1.25 bits per heavy atom. The van der Waals surface area contributed by atoms with Crippen LogP contribution in [0.25, 0.3) is 0 Å². The van der Waals surface area contributed by atoms with Gasteiger partial charge in [0.1, 0.15) is 13.2 Å². The maximum Gasteiger partial charge on any atom is 0.311 e. The van der Waals surface area contributed by atoms with Crippen LogP contribution in [0.3, 0.4) is 0 Å². The standard InChI is InChI=1S/C12H26NO2.BrH/c1-7-12(3,4)11(14)15-10-9-13(5,6)8-2;/h7-10H2,1-6H3;1H/q+1;/p-1. The quantitative estimate of drug-likeness (QED) is 0.467. The van der Waals surface area contributed by atoms with Crippen molar-refractivity contribution >= 4 is 5.97 Å². The molecule has 16 heavy (non-hydrogen) atoms. The number of nitrogens with zero attached hydrogens (tertiary/aromatic N) is 1. The Labute approximate surface area is 111 Å². The van der Waals surface area contributed by atoms with Gasteiger partial charge in [-0.15, -0.1) is 0 Å².